The zero-order valence-corrected chi connectivity index (χ0v) is 18.0. The van der Waals surface area contributed by atoms with Crippen LogP contribution in [0.15, 0.2) is 12.2 Å². The first-order valence-corrected chi connectivity index (χ1v) is 13.0. The fourth-order valence-electron chi connectivity index (χ4n) is 4.06. The van der Waals surface area contributed by atoms with Gasteiger partial charge in [0.25, 0.3) is 0 Å². The molecule has 0 bridgehead atoms. The standard InChI is InChI=1S/C17H28BO4PS2/c1-6-12-14(15(19-5)16(18)20-12)22-23(24)21-13-9-11(10(2)3)7-8-17(13,4)25-23/h11-16H,2,6-9H2,1,3-5H3/t11-,12+,13+,14+,15+,16+,17+,23-/m0/s1. The lowest BCUT2D eigenvalue weighted by Crippen LogP contribution is -2.39. The summed E-state index contributed by atoms with van der Waals surface area (Å²) < 4.78 is 24.2. The van der Waals surface area contributed by atoms with Gasteiger partial charge in [-0.2, -0.15) is 0 Å². The highest BCUT2D eigenvalue weighted by atomic mass is 32.9. The molecule has 2 radical (unpaired) electrons. The Morgan fingerprint density at radius 1 is 1.48 bits per heavy atom. The number of hydrogen-bond acceptors (Lipinski definition) is 6. The maximum Gasteiger partial charge on any atom is 0.248 e. The van der Waals surface area contributed by atoms with E-state index in [9.17, 15) is 0 Å². The van der Waals surface area contributed by atoms with Crippen molar-refractivity contribution in [3.63, 3.8) is 0 Å². The fraction of sp³-hybridized carbons (Fsp3) is 0.882. The normalized spacial score (nSPS) is 49.9. The van der Waals surface area contributed by atoms with Gasteiger partial charge in [0, 0.05) is 17.9 Å². The lowest BCUT2D eigenvalue weighted by atomic mass is 9.77. The molecule has 0 spiro atoms. The smallest absolute Gasteiger partial charge is 0.248 e. The Labute approximate surface area is 162 Å². The second-order valence-corrected chi connectivity index (χ2v) is 14.1. The van der Waals surface area contributed by atoms with Gasteiger partial charge in [-0.15, -0.1) is 0 Å². The molecule has 0 N–H and O–H groups in total. The van der Waals surface area contributed by atoms with Gasteiger partial charge in [-0.25, -0.2) is 0 Å². The third kappa shape index (κ3) is 3.94. The van der Waals surface area contributed by atoms with Gasteiger partial charge in [0.2, 0.25) is 5.69 Å². The maximum absolute atomic E-state index is 6.40. The minimum Gasteiger partial charge on any atom is -0.379 e. The molecule has 8 heteroatoms. The number of methoxy groups -OCH3 is 1. The number of ether oxygens (including phenoxy) is 2. The first-order chi connectivity index (χ1) is 11.7. The number of fused-ring (bicyclic) bond motifs is 1. The maximum atomic E-state index is 6.40. The third-order valence-corrected chi connectivity index (χ3v) is 11.5. The zero-order valence-electron chi connectivity index (χ0n) is 15.5. The number of allylic oxidation sites excluding steroid dienone is 1. The molecule has 2 aliphatic heterocycles. The summed E-state index contributed by atoms with van der Waals surface area (Å²) in [5, 5.41) is 0. The van der Waals surface area contributed by atoms with Gasteiger partial charge in [0.15, 0.2) is 0 Å². The molecule has 4 nitrogen and oxygen atoms in total. The van der Waals surface area contributed by atoms with Crippen molar-refractivity contribution in [3.05, 3.63) is 12.2 Å². The highest BCUT2D eigenvalue weighted by Gasteiger charge is 2.55. The summed E-state index contributed by atoms with van der Waals surface area (Å²) in [6.07, 6.45) is 3.43. The van der Waals surface area contributed by atoms with Crippen molar-refractivity contribution in [1.29, 1.82) is 0 Å². The molecule has 1 aliphatic carbocycles. The highest BCUT2D eigenvalue weighted by Crippen LogP contribution is 2.76. The molecular formula is C17H28BO4PS2. The van der Waals surface area contributed by atoms with Crippen LogP contribution in [0.3, 0.4) is 0 Å². The predicted octanol–water partition coefficient (Wildman–Crippen LogP) is 4.18. The van der Waals surface area contributed by atoms with Gasteiger partial charge in [-0.3, -0.25) is 0 Å². The summed E-state index contributed by atoms with van der Waals surface area (Å²) in [5.41, 5.74) is -1.24. The first kappa shape index (κ1) is 20.4. The van der Waals surface area contributed by atoms with E-state index < -0.39 is 11.7 Å². The molecule has 25 heavy (non-hydrogen) atoms. The fourth-order valence-corrected chi connectivity index (χ4v) is 11.6. The summed E-state index contributed by atoms with van der Waals surface area (Å²) in [5.74, 6) is 0.513. The molecule has 0 aromatic rings. The summed E-state index contributed by atoms with van der Waals surface area (Å²) in [6.45, 7) is 10.6. The van der Waals surface area contributed by atoms with Gasteiger partial charge in [-0.1, -0.05) is 30.5 Å². The summed E-state index contributed by atoms with van der Waals surface area (Å²) in [7, 11) is 7.69. The monoisotopic (exact) mass is 402 g/mol. The number of rotatable bonds is 5. The van der Waals surface area contributed by atoms with Gasteiger partial charge in [0.05, 0.1) is 12.2 Å². The van der Waals surface area contributed by atoms with E-state index in [-0.39, 0.29) is 29.2 Å². The summed E-state index contributed by atoms with van der Waals surface area (Å²) >= 11 is 7.62. The van der Waals surface area contributed by atoms with Crippen LogP contribution in [0, 0.1) is 5.92 Å². The summed E-state index contributed by atoms with van der Waals surface area (Å²) in [4.78, 5) is 0. The van der Waals surface area contributed by atoms with Crippen LogP contribution in [0.25, 0.3) is 0 Å². The van der Waals surface area contributed by atoms with Crippen LogP contribution in [-0.2, 0) is 30.3 Å². The van der Waals surface area contributed by atoms with Gasteiger partial charge in [0.1, 0.15) is 20.1 Å². The minimum atomic E-state index is -2.47. The molecule has 1 saturated carbocycles. The van der Waals surface area contributed by atoms with Crippen molar-refractivity contribution in [2.45, 2.75) is 81.6 Å². The van der Waals surface area contributed by atoms with Crippen LogP contribution >= 0.6 is 17.1 Å². The van der Waals surface area contributed by atoms with Gasteiger partial charge < -0.3 is 18.5 Å². The van der Waals surface area contributed by atoms with Crippen molar-refractivity contribution in [3.8, 4) is 0 Å². The molecule has 0 amide bonds. The van der Waals surface area contributed by atoms with Crippen LogP contribution in [0.1, 0.15) is 46.5 Å². The molecule has 140 valence electrons. The minimum absolute atomic E-state index is 0.0212. The van der Waals surface area contributed by atoms with Crippen LogP contribution in [0.4, 0.5) is 0 Å². The van der Waals surface area contributed by atoms with E-state index in [0.717, 1.165) is 25.7 Å². The van der Waals surface area contributed by atoms with E-state index in [2.05, 4.69) is 27.4 Å². The Kier molecular flexibility index (Phi) is 6.18. The molecule has 2 saturated heterocycles. The molecule has 3 rings (SSSR count). The summed E-state index contributed by atoms with van der Waals surface area (Å²) in [6, 6.07) is -0.486. The Balaban J connectivity index is 1.75. The molecule has 3 aliphatic rings. The Bertz CT molecular complexity index is 577. The van der Waals surface area contributed by atoms with Crippen LogP contribution < -0.4 is 0 Å². The van der Waals surface area contributed by atoms with Crippen molar-refractivity contribution in [2.24, 2.45) is 5.92 Å². The molecular weight excluding hydrogens is 374 g/mol. The first-order valence-electron chi connectivity index (χ1n) is 8.98. The second-order valence-electron chi connectivity index (χ2n) is 7.58. The van der Waals surface area contributed by atoms with E-state index >= 15 is 0 Å². The largest absolute Gasteiger partial charge is 0.379 e. The number of hydrogen-bond donors (Lipinski definition) is 0. The predicted molar refractivity (Wildman–Crippen MR) is 108 cm³/mol. The molecule has 8 atom stereocenters. The van der Waals surface area contributed by atoms with E-state index in [1.807, 2.05) is 0 Å². The average Bonchev–Trinajstić information content (AvgIpc) is 2.98. The van der Waals surface area contributed by atoms with E-state index in [1.54, 1.807) is 18.5 Å². The van der Waals surface area contributed by atoms with Crippen LogP contribution in [0.2, 0.25) is 0 Å². The topological polar surface area (TPSA) is 36.9 Å². The average molecular weight is 402 g/mol. The van der Waals surface area contributed by atoms with E-state index in [1.165, 1.54) is 5.57 Å². The molecule has 2 heterocycles. The van der Waals surface area contributed by atoms with Crippen molar-refractivity contribution < 1.29 is 18.5 Å². The van der Waals surface area contributed by atoms with Crippen molar-refractivity contribution >= 4 is 36.7 Å². The van der Waals surface area contributed by atoms with Crippen molar-refractivity contribution in [2.75, 3.05) is 7.11 Å². The van der Waals surface area contributed by atoms with E-state index in [0.29, 0.717) is 5.92 Å². The molecule has 0 aromatic heterocycles. The second kappa shape index (κ2) is 7.58. The van der Waals surface area contributed by atoms with Gasteiger partial charge in [-0.05, 0) is 57.3 Å². The van der Waals surface area contributed by atoms with Gasteiger partial charge >= 0.3 is 0 Å². The van der Waals surface area contributed by atoms with Crippen LogP contribution in [0.5, 0.6) is 0 Å². The molecule has 0 aromatic carbocycles. The lowest BCUT2D eigenvalue weighted by Gasteiger charge is -2.37. The Morgan fingerprint density at radius 2 is 2.20 bits per heavy atom. The van der Waals surface area contributed by atoms with Crippen molar-refractivity contribution in [1.82, 2.24) is 0 Å². The zero-order chi connectivity index (χ0) is 18.4. The third-order valence-electron chi connectivity index (χ3n) is 5.71. The Hall–Kier alpha value is 0.645. The quantitative estimate of drug-likeness (QED) is 0.390. The molecule has 3 fully saturated rings. The Morgan fingerprint density at radius 3 is 2.80 bits per heavy atom. The lowest BCUT2D eigenvalue weighted by molar-refractivity contribution is 0.0129. The van der Waals surface area contributed by atoms with E-state index in [4.69, 9.17) is 38.2 Å². The van der Waals surface area contributed by atoms with Crippen LogP contribution in [-0.4, -0.2) is 50.1 Å². The highest BCUT2D eigenvalue weighted by molar-refractivity contribution is 8.68. The SMILES string of the molecule is [B][C@@H]1O[C@H](CC)[C@@H](O[P@]2(=S)O[C@@H]3C[C@@H](C(=C)C)CC[C@@]3(C)S2)[C@H]1OC. The molecule has 0 unspecified atom stereocenters.